The molecule has 0 unspecified atom stereocenters. The zero-order valence-electron chi connectivity index (χ0n) is 16.4. The number of methoxy groups -OCH3 is 1. The predicted molar refractivity (Wildman–Crippen MR) is 118 cm³/mol. The summed E-state index contributed by atoms with van der Waals surface area (Å²) in [6.07, 6.45) is 0. The maximum absolute atomic E-state index is 11.5. The summed E-state index contributed by atoms with van der Waals surface area (Å²) in [4.78, 5) is 16.0. The largest absolute Gasteiger partial charge is 0.493 e. The summed E-state index contributed by atoms with van der Waals surface area (Å²) in [6, 6.07) is 14.8. The third kappa shape index (κ3) is 3.12. The predicted octanol–water partition coefficient (Wildman–Crippen LogP) is 4.18. The van der Waals surface area contributed by atoms with E-state index in [-0.39, 0.29) is 28.4 Å². The molecule has 4 aromatic rings. The van der Waals surface area contributed by atoms with E-state index in [0.717, 1.165) is 0 Å². The normalized spacial score (nSPS) is 10.6. The van der Waals surface area contributed by atoms with Gasteiger partial charge in [0.1, 0.15) is 29.1 Å². The molecule has 31 heavy (non-hydrogen) atoms. The molecule has 0 aliphatic carbocycles. The van der Waals surface area contributed by atoms with E-state index in [9.17, 15) is 15.3 Å². The number of anilines is 1. The van der Waals surface area contributed by atoms with Crippen LogP contribution in [0.15, 0.2) is 40.9 Å². The van der Waals surface area contributed by atoms with E-state index in [1.165, 1.54) is 14.0 Å². The van der Waals surface area contributed by atoms with Crippen molar-refractivity contribution >= 4 is 44.4 Å². The zero-order valence-corrected chi connectivity index (χ0v) is 18.0. The van der Waals surface area contributed by atoms with Gasteiger partial charge in [-0.2, -0.15) is 10.5 Å². The first-order valence-electron chi connectivity index (χ1n) is 9.00. The number of nitrogens with zero attached hydrogens (tertiary/aromatic N) is 4. The van der Waals surface area contributed by atoms with Crippen LogP contribution in [-0.4, -0.2) is 22.5 Å². The number of carbonyl (C=O) groups excluding carboxylic acids is 1. The van der Waals surface area contributed by atoms with Crippen molar-refractivity contribution in [3.8, 4) is 34.8 Å². The lowest BCUT2D eigenvalue weighted by molar-refractivity contribution is -0.132. The number of pyridine rings is 1. The van der Waals surface area contributed by atoms with Crippen LogP contribution >= 0.6 is 15.9 Å². The van der Waals surface area contributed by atoms with Gasteiger partial charge in [0.2, 0.25) is 0 Å². The Labute approximate surface area is 185 Å². The fourth-order valence-electron chi connectivity index (χ4n) is 3.53. The number of benzene rings is 2. The summed E-state index contributed by atoms with van der Waals surface area (Å²) in [7, 11) is 1.42. The topological polar surface area (TPSA) is 126 Å². The van der Waals surface area contributed by atoms with Gasteiger partial charge in [0.15, 0.2) is 17.1 Å². The summed E-state index contributed by atoms with van der Waals surface area (Å²) in [5.41, 5.74) is 9.18. The van der Waals surface area contributed by atoms with E-state index < -0.39 is 5.97 Å². The van der Waals surface area contributed by atoms with Crippen molar-refractivity contribution in [2.24, 2.45) is 0 Å². The Kier molecular flexibility index (Phi) is 4.97. The number of fused-ring (bicyclic) bond motifs is 3. The first kappa shape index (κ1) is 20.2. The molecular formula is C22H14BrN5O3. The minimum Gasteiger partial charge on any atom is -0.493 e. The smallest absolute Gasteiger partial charge is 0.308 e. The highest BCUT2D eigenvalue weighted by molar-refractivity contribution is 9.10. The Hall–Kier alpha value is -4.08. The van der Waals surface area contributed by atoms with Crippen LogP contribution in [0, 0.1) is 22.7 Å². The van der Waals surface area contributed by atoms with Crippen LogP contribution < -0.4 is 15.2 Å². The van der Waals surface area contributed by atoms with E-state index in [1.807, 2.05) is 24.3 Å². The molecule has 0 radical (unpaired) electrons. The molecule has 0 fully saturated rings. The summed E-state index contributed by atoms with van der Waals surface area (Å²) < 4.78 is 12.6. The van der Waals surface area contributed by atoms with Gasteiger partial charge in [-0.15, -0.1) is 0 Å². The first-order valence-corrected chi connectivity index (χ1v) is 9.79. The molecule has 4 rings (SSSR count). The Balaban J connectivity index is 2.13. The van der Waals surface area contributed by atoms with Crippen molar-refractivity contribution in [1.29, 1.82) is 10.5 Å². The molecule has 0 aliphatic rings. The van der Waals surface area contributed by atoms with Gasteiger partial charge in [-0.1, -0.05) is 12.1 Å². The van der Waals surface area contributed by atoms with Gasteiger partial charge in [0.25, 0.3) is 0 Å². The molecule has 2 heterocycles. The maximum atomic E-state index is 11.5. The van der Waals surface area contributed by atoms with Gasteiger partial charge >= 0.3 is 5.97 Å². The Morgan fingerprint density at radius 1 is 1.19 bits per heavy atom. The van der Waals surface area contributed by atoms with Crippen LogP contribution in [0.3, 0.4) is 0 Å². The van der Waals surface area contributed by atoms with Gasteiger partial charge in [-0.05, 0) is 45.8 Å². The van der Waals surface area contributed by atoms with Crippen molar-refractivity contribution in [1.82, 2.24) is 9.38 Å². The summed E-state index contributed by atoms with van der Waals surface area (Å²) in [5, 5.41) is 20.0. The van der Waals surface area contributed by atoms with E-state index in [0.29, 0.717) is 32.3 Å². The number of carbonyl (C=O) groups is 1. The molecule has 0 spiro atoms. The van der Waals surface area contributed by atoms with E-state index in [2.05, 4.69) is 33.1 Å². The molecular weight excluding hydrogens is 462 g/mol. The van der Waals surface area contributed by atoms with Crippen LogP contribution in [0.4, 0.5) is 5.82 Å². The number of nitriles is 2. The molecule has 0 saturated carbocycles. The van der Waals surface area contributed by atoms with Crippen molar-refractivity contribution in [3.63, 3.8) is 0 Å². The lowest BCUT2D eigenvalue weighted by Gasteiger charge is -2.16. The van der Waals surface area contributed by atoms with Crippen LogP contribution in [0.5, 0.6) is 11.5 Å². The lowest BCUT2D eigenvalue weighted by Crippen LogP contribution is -2.07. The quantitative estimate of drug-likeness (QED) is 0.347. The third-order valence-corrected chi connectivity index (χ3v) is 5.36. The van der Waals surface area contributed by atoms with Crippen LogP contribution in [0.1, 0.15) is 18.1 Å². The molecule has 0 saturated heterocycles. The van der Waals surface area contributed by atoms with Crippen LogP contribution in [-0.2, 0) is 4.79 Å². The highest BCUT2D eigenvalue weighted by Crippen LogP contribution is 2.43. The number of hydrogen-bond donors (Lipinski definition) is 1. The number of aromatic nitrogens is 2. The average Bonchev–Trinajstić information content (AvgIpc) is 3.14. The number of esters is 1. The molecule has 2 N–H and O–H groups in total. The zero-order chi connectivity index (χ0) is 22.3. The van der Waals surface area contributed by atoms with Gasteiger partial charge in [0.05, 0.1) is 22.6 Å². The molecule has 9 heteroatoms. The van der Waals surface area contributed by atoms with Gasteiger partial charge in [0, 0.05) is 12.5 Å². The number of rotatable bonds is 3. The third-order valence-electron chi connectivity index (χ3n) is 4.77. The molecule has 0 atom stereocenters. The highest BCUT2D eigenvalue weighted by Gasteiger charge is 2.24. The Bertz CT molecular complexity index is 1480. The fourth-order valence-corrected chi connectivity index (χ4v) is 4.05. The van der Waals surface area contributed by atoms with E-state index >= 15 is 0 Å². The summed E-state index contributed by atoms with van der Waals surface area (Å²) in [6.45, 7) is 1.28. The number of nitrogen functional groups attached to an aromatic ring is 1. The number of imidazole rings is 1. The lowest BCUT2D eigenvalue weighted by atomic mass is 9.96. The number of para-hydroxylation sites is 2. The molecule has 0 bridgehead atoms. The Morgan fingerprint density at radius 3 is 2.55 bits per heavy atom. The standard InChI is InChI=1S/C22H14BrN5O3/c1-11(29)31-20-15(23)7-12(8-18(20)30-2)19-13(9-24)21(26)28-17-6-4-3-5-16(17)27-22(28)14(19)10-25/h3-8H,26H2,1-2H3. The molecule has 2 aromatic carbocycles. The number of ether oxygens (including phenoxy) is 2. The van der Waals surface area contributed by atoms with Crippen molar-refractivity contribution in [2.45, 2.75) is 6.92 Å². The average molecular weight is 476 g/mol. The van der Waals surface area contributed by atoms with E-state index in [4.69, 9.17) is 15.2 Å². The second-order valence-corrected chi connectivity index (χ2v) is 7.43. The fraction of sp³-hybridized carbons (Fsp3) is 0.0909. The Morgan fingerprint density at radius 2 is 1.90 bits per heavy atom. The van der Waals surface area contributed by atoms with Crippen molar-refractivity contribution in [2.75, 3.05) is 12.8 Å². The number of nitrogens with two attached hydrogens (primary N) is 1. The molecule has 2 aromatic heterocycles. The molecule has 0 aliphatic heterocycles. The molecule has 8 nitrogen and oxygen atoms in total. The first-order chi connectivity index (χ1) is 14.9. The number of halogens is 1. The van der Waals surface area contributed by atoms with Crippen molar-refractivity contribution < 1.29 is 14.3 Å². The second kappa shape index (κ2) is 7.63. The molecule has 0 amide bonds. The summed E-state index contributed by atoms with van der Waals surface area (Å²) in [5.74, 6) is 0.0898. The summed E-state index contributed by atoms with van der Waals surface area (Å²) >= 11 is 3.38. The van der Waals surface area contributed by atoms with Gasteiger partial charge in [-0.3, -0.25) is 9.20 Å². The minimum absolute atomic E-state index is 0.126. The number of hydrogen-bond acceptors (Lipinski definition) is 7. The highest BCUT2D eigenvalue weighted by atomic mass is 79.9. The van der Waals surface area contributed by atoms with Crippen molar-refractivity contribution in [3.05, 3.63) is 52.0 Å². The SMILES string of the molecule is COc1cc(-c2c(C#N)c(N)n3c(nc4ccccc43)c2C#N)cc(Br)c1OC(C)=O. The minimum atomic E-state index is -0.517. The second-order valence-electron chi connectivity index (χ2n) is 6.58. The monoisotopic (exact) mass is 475 g/mol. The van der Waals surface area contributed by atoms with Crippen LogP contribution in [0.25, 0.3) is 27.8 Å². The van der Waals surface area contributed by atoms with Gasteiger partial charge in [-0.25, -0.2) is 4.98 Å². The molecule has 152 valence electrons. The maximum Gasteiger partial charge on any atom is 0.308 e. The van der Waals surface area contributed by atoms with Gasteiger partial charge < -0.3 is 15.2 Å². The van der Waals surface area contributed by atoms with Crippen LogP contribution in [0.2, 0.25) is 0 Å². The van der Waals surface area contributed by atoms with E-state index in [1.54, 1.807) is 16.5 Å².